The van der Waals surface area contributed by atoms with Gasteiger partial charge in [0.15, 0.2) is 5.82 Å². The summed E-state index contributed by atoms with van der Waals surface area (Å²) in [5, 5.41) is 14.5. The molecule has 1 heterocycles. The summed E-state index contributed by atoms with van der Waals surface area (Å²) in [6.07, 6.45) is 0. The van der Waals surface area contributed by atoms with E-state index in [4.69, 9.17) is 0 Å². The van der Waals surface area contributed by atoms with Crippen LogP contribution in [0, 0.1) is 5.82 Å². The Bertz CT molecular complexity index is 910. The largest absolute Gasteiger partial charge is 0.376 e. The van der Waals surface area contributed by atoms with Gasteiger partial charge in [0.2, 0.25) is 5.91 Å². The van der Waals surface area contributed by atoms with E-state index in [-0.39, 0.29) is 24.8 Å². The minimum Gasteiger partial charge on any atom is -0.376 e. The molecule has 3 aromatic rings. The Labute approximate surface area is 150 Å². The summed E-state index contributed by atoms with van der Waals surface area (Å²) in [6.45, 7) is 0.323. The van der Waals surface area contributed by atoms with E-state index in [1.54, 1.807) is 37.0 Å². The lowest BCUT2D eigenvalue weighted by molar-refractivity contribution is -0.128. The van der Waals surface area contributed by atoms with Crippen molar-refractivity contribution in [3.63, 3.8) is 0 Å². The second-order valence-electron chi connectivity index (χ2n) is 5.90. The van der Waals surface area contributed by atoms with E-state index in [2.05, 4.69) is 20.8 Å². The maximum Gasteiger partial charge on any atom is 0.241 e. The molecule has 0 fully saturated rings. The lowest BCUT2D eigenvalue weighted by Crippen LogP contribution is -2.32. The van der Waals surface area contributed by atoms with Gasteiger partial charge in [-0.05, 0) is 28.6 Å². The fourth-order valence-electron chi connectivity index (χ4n) is 2.53. The van der Waals surface area contributed by atoms with Crippen LogP contribution in [-0.4, -0.2) is 44.6 Å². The molecule has 2 aromatic carbocycles. The van der Waals surface area contributed by atoms with Crippen LogP contribution in [0.5, 0.6) is 0 Å². The Morgan fingerprint density at radius 2 is 2.04 bits per heavy atom. The lowest BCUT2D eigenvalue weighted by Gasteiger charge is -2.18. The van der Waals surface area contributed by atoms with Crippen LogP contribution in [0.3, 0.4) is 0 Å². The van der Waals surface area contributed by atoms with E-state index in [9.17, 15) is 9.18 Å². The maximum atomic E-state index is 13.7. The van der Waals surface area contributed by atoms with E-state index in [0.717, 1.165) is 11.3 Å². The van der Waals surface area contributed by atoms with E-state index in [0.29, 0.717) is 11.4 Å². The van der Waals surface area contributed by atoms with Crippen LogP contribution in [0.15, 0.2) is 48.5 Å². The molecular formula is C18H19FN6O. The van der Waals surface area contributed by atoms with Gasteiger partial charge in [-0.25, -0.2) is 9.07 Å². The summed E-state index contributed by atoms with van der Waals surface area (Å²) in [5.41, 5.74) is 2.10. The van der Waals surface area contributed by atoms with Crippen LogP contribution in [-0.2, 0) is 18.4 Å². The van der Waals surface area contributed by atoms with E-state index >= 15 is 0 Å². The molecule has 1 aromatic heterocycles. The van der Waals surface area contributed by atoms with E-state index in [1.807, 2.05) is 24.3 Å². The zero-order valence-corrected chi connectivity index (χ0v) is 14.6. The molecule has 26 heavy (non-hydrogen) atoms. The molecule has 1 amide bonds. The minimum atomic E-state index is -0.315. The van der Waals surface area contributed by atoms with Crippen molar-refractivity contribution in [3.05, 3.63) is 59.9 Å². The number of likely N-dealkylation sites (N-methyl/N-ethyl adjacent to an activating group) is 1. The molecule has 0 atom stereocenters. The summed E-state index contributed by atoms with van der Waals surface area (Å²) >= 11 is 0. The molecule has 0 aliphatic rings. The maximum absolute atomic E-state index is 13.7. The Morgan fingerprint density at radius 1 is 1.23 bits per heavy atom. The first-order valence-electron chi connectivity index (χ1n) is 8.08. The number of nitrogens with one attached hydrogen (secondary N) is 1. The number of aromatic nitrogens is 4. The topological polar surface area (TPSA) is 75.9 Å². The van der Waals surface area contributed by atoms with Gasteiger partial charge < -0.3 is 10.2 Å². The number of amides is 1. The van der Waals surface area contributed by atoms with Crippen LogP contribution in [0.4, 0.5) is 10.1 Å². The predicted octanol–water partition coefficient (Wildman–Crippen LogP) is 2.09. The molecule has 0 aliphatic heterocycles. The molecule has 0 saturated carbocycles. The second kappa shape index (κ2) is 7.73. The molecule has 3 rings (SSSR count). The third-order valence-corrected chi connectivity index (χ3v) is 3.98. The monoisotopic (exact) mass is 354 g/mol. The fraction of sp³-hybridized carbons (Fsp3) is 0.222. The first-order valence-corrected chi connectivity index (χ1v) is 8.08. The molecule has 134 valence electrons. The number of hydrogen-bond donors (Lipinski definition) is 1. The van der Waals surface area contributed by atoms with Gasteiger partial charge in [0, 0.05) is 37.5 Å². The first-order chi connectivity index (χ1) is 12.5. The molecule has 7 nitrogen and oxygen atoms in total. The van der Waals surface area contributed by atoms with Crippen molar-refractivity contribution in [2.75, 3.05) is 18.9 Å². The van der Waals surface area contributed by atoms with Crippen molar-refractivity contribution in [3.8, 4) is 11.4 Å². The third-order valence-electron chi connectivity index (χ3n) is 3.98. The number of nitrogens with zero attached hydrogens (tertiary/aromatic N) is 5. The average Bonchev–Trinajstić information content (AvgIpc) is 3.08. The summed E-state index contributed by atoms with van der Waals surface area (Å²) in [6, 6.07) is 13.9. The zero-order chi connectivity index (χ0) is 18.5. The number of anilines is 1. The Hall–Kier alpha value is -3.29. The molecule has 0 spiro atoms. The van der Waals surface area contributed by atoms with Gasteiger partial charge >= 0.3 is 0 Å². The van der Waals surface area contributed by atoms with Crippen LogP contribution >= 0.6 is 0 Å². The van der Waals surface area contributed by atoms with Crippen LogP contribution in [0.2, 0.25) is 0 Å². The SMILES string of the molecule is CN(Cc1ccccc1F)C(=O)CNc1cccc(-c2nnnn2C)c1. The van der Waals surface area contributed by atoms with Gasteiger partial charge in [-0.2, -0.15) is 0 Å². The van der Waals surface area contributed by atoms with Crippen molar-refractivity contribution < 1.29 is 9.18 Å². The highest BCUT2D eigenvalue weighted by molar-refractivity contribution is 5.81. The number of carbonyl (C=O) groups is 1. The summed E-state index contributed by atoms with van der Waals surface area (Å²) in [5.74, 6) is 0.181. The molecule has 0 aliphatic carbocycles. The number of aryl methyl sites for hydroxylation is 1. The molecule has 0 saturated heterocycles. The molecule has 0 unspecified atom stereocenters. The number of hydrogen-bond acceptors (Lipinski definition) is 5. The zero-order valence-electron chi connectivity index (χ0n) is 14.6. The third kappa shape index (κ3) is 4.02. The Kier molecular flexibility index (Phi) is 5.21. The number of rotatable bonds is 6. The van der Waals surface area contributed by atoms with Gasteiger partial charge in [-0.3, -0.25) is 4.79 Å². The van der Waals surface area contributed by atoms with Crippen LogP contribution in [0.1, 0.15) is 5.56 Å². The predicted molar refractivity (Wildman–Crippen MR) is 95.6 cm³/mol. The molecule has 1 N–H and O–H groups in total. The van der Waals surface area contributed by atoms with Crippen LogP contribution in [0.25, 0.3) is 11.4 Å². The highest BCUT2D eigenvalue weighted by atomic mass is 19.1. The van der Waals surface area contributed by atoms with E-state index < -0.39 is 0 Å². The number of carbonyl (C=O) groups excluding carboxylic acids is 1. The van der Waals surface area contributed by atoms with Crippen molar-refractivity contribution in [1.82, 2.24) is 25.1 Å². The molecule has 0 bridgehead atoms. The Morgan fingerprint density at radius 3 is 2.77 bits per heavy atom. The quantitative estimate of drug-likeness (QED) is 0.734. The van der Waals surface area contributed by atoms with E-state index in [1.165, 1.54) is 11.0 Å². The van der Waals surface area contributed by atoms with Gasteiger partial charge in [-0.1, -0.05) is 30.3 Å². The summed E-state index contributed by atoms with van der Waals surface area (Å²) in [4.78, 5) is 13.8. The number of halogens is 1. The standard InChI is InChI=1S/C18H19FN6O/c1-24(12-14-6-3-4-9-16(14)19)17(26)11-20-15-8-5-7-13(10-15)18-21-22-23-25(18)2/h3-10,20H,11-12H2,1-2H3. The van der Waals surface area contributed by atoms with Gasteiger partial charge in [-0.15, -0.1) is 5.10 Å². The number of benzene rings is 2. The van der Waals surface area contributed by atoms with Crippen molar-refractivity contribution in [2.45, 2.75) is 6.54 Å². The van der Waals surface area contributed by atoms with Crippen molar-refractivity contribution in [1.29, 1.82) is 0 Å². The van der Waals surface area contributed by atoms with Crippen molar-refractivity contribution in [2.24, 2.45) is 7.05 Å². The minimum absolute atomic E-state index is 0.103. The summed E-state index contributed by atoms with van der Waals surface area (Å²) in [7, 11) is 3.41. The highest BCUT2D eigenvalue weighted by Crippen LogP contribution is 2.19. The number of tetrazole rings is 1. The first kappa shape index (κ1) is 17.5. The second-order valence-corrected chi connectivity index (χ2v) is 5.90. The fourth-order valence-corrected chi connectivity index (χ4v) is 2.53. The van der Waals surface area contributed by atoms with Crippen molar-refractivity contribution >= 4 is 11.6 Å². The molecule has 0 radical (unpaired) electrons. The van der Waals surface area contributed by atoms with Gasteiger partial charge in [0.1, 0.15) is 5.82 Å². The normalized spacial score (nSPS) is 10.6. The molecular weight excluding hydrogens is 335 g/mol. The average molecular weight is 354 g/mol. The summed E-state index contributed by atoms with van der Waals surface area (Å²) < 4.78 is 15.3. The van der Waals surface area contributed by atoms with Gasteiger partial charge in [0.25, 0.3) is 0 Å². The highest BCUT2D eigenvalue weighted by Gasteiger charge is 2.12. The Balaban J connectivity index is 1.61. The smallest absolute Gasteiger partial charge is 0.241 e. The lowest BCUT2D eigenvalue weighted by atomic mass is 10.2. The van der Waals surface area contributed by atoms with Crippen LogP contribution < -0.4 is 5.32 Å². The van der Waals surface area contributed by atoms with Gasteiger partial charge in [0.05, 0.1) is 6.54 Å². The molecule has 8 heteroatoms.